The molecule has 0 saturated carbocycles. The molecule has 0 aliphatic heterocycles. The molecule has 7 heteroatoms. The van der Waals surface area contributed by atoms with Crippen LogP contribution in [-0.4, -0.2) is 16.0 Å². The second-order valence-corrected chi connectivity index (χ2v) is 4.30. The molecule has 0 unspecified atom stereocenters. The van der Waals surface area contributed by atoms with Crippen molar-refractivity contribution in [3.8, 4) is 0 Å². The van der Waals surface area contributed by atoms with Crippen LogP contribution >= 0.6 is 11.8 Å². The maximum absolute atomic E-state index is 13.1. The number of halogens is 1. The number of hydrogen-bond acceptors (Lipinski definition) is 5. The van der Waals surface area contributed by atoms with Gasteiger partial charge in [-0.25, -0.2) is 9.37 Å². The highest BCUT2D eigenvalue weighted by Crippen LogP contribution is 2.23. The molecule has 2 aromatic rings. The molecule has 0 bridgehead atoms. The average molecular weight is 267 g/mol. The molecule has 2 rings (SSSR count). The van der Waals surface area contributed by atoms with Crippen LogP contribution < -0.4 is 5.73 Å². The Morgan fingerprint density at radius 2 is 2.39 bits per heavy atom. The molecular formula is C11H10FN3O2S. The molecule has 3 N–H and O–H groups in total. The first-order valence-electron chi connectivity index (χ1n) is 4.99. The van der Waals surface area contributed by atoms with Crippen LogP contribution in [0.4, 0.5) is 4.39 Å². The van der Waals surface area contributed by atoms with E-state index in [2.05, 4.69) is 10.1 Å². The highest BCUT2D eigenvalue weighted by Gasteiger charge is 2.10. The zero-order valence-electron chi connectivity index (χ0n) is 9.21. The first-order chi connectivity index (χ1) is 8.70. The van der Waals surface area contributed by atoms with Crippen molar-refractivity contribution >= 4 is 17.6 Å². The summed E-state index contributed by atoms with van der Waals surface area (Å²) in [6.07, 6.45) is 3.01. The predicted octanol–water partition coefficient (Wildman–Crippen LogP) is 2.20. The third-order valence-electron chi connectivity index (χ3n) is 2.22. The van der Waals surface area contributed by atoms with Gasteiger partial charge in [-0.1, -0.05) is 23.0 Å². The van der Waals surface area contributed by atoms with Crippen molar-refractivity contribution in [2.75, 3.05) is 0 Å². The summed E-state index contributed by atoms with van der Waals surface area (Å²) < 4.78 is 18.2. The quantitative estimate of drug-likeness (QED) is 0.292. The summed E-state index contributed by atoms with van der Waals surface area (Å²) in [5, 5.41) is 12.0. The molecule has 94 valence electrons. The first kappa shape index (κ1) is 12.4. The predicted molar refractivity (Wildman–Crippen MR) is 65.0 cm³/mol. The van der Waals surface area contributed by atoms with Crippen LogP contribution in [0.25, 0.3) is 0 Å². The fourth-order valence-corrected chi connectivity index (χ4v) is 2.18. The molecule has 0 aliphatic rings. The Morgan fingerprint density at radius 1 is 1.56 bits per heavy atom. The van der Waals surface area contributed by atoms with E-state index in [1.807, 2.05) is 0 Å². The SMILES string of the molecule is N/C(=N/O)c1cc(F)ccc1CSc1ncco1. The number of oxime groups is 1. The lowest BCUT2D eigenvalue weighted by Crippen LogP contribution is -2.15. The van der Waals surface area contributed by atoms with Gasteiger partial charge in [-0.3, -0.25) is 0 Å². The van der Waals surface area contributed by atoms with Gasteiger partial charge >= 0.3 is 0 Å². The van der Waals surface area contributed by atoms with Gasteiger partial charge in [0, 0.05) is 11.3 Å². The Balaban J connectivity index is 2.21. The van der Waals surface area contributed by atoms with Gasteiger partial charge in [-0.05, 0) is 17.7 Å². The van der Waals surface area contributed by atoms with Crippen molar-refractivity contribution < 1.29 is 14.0 Å². The van der Waals surface area contributed by atoms with E-state index in [0.29, 0.717) is 16.5 Å². The lowest BCUT2D eigenvalue weighted by Gasteiger charge is -2.07. The minimum absolute atomic E-state index is 0.127. The highest BCUT2D eigenvalue weighted by atomic mass is 32.2. The molecule has 1 heterocycles. The Labute approximate surface area is 107 Å². The second kappa shape index (κ2) is 5.54. The molecule has 0 fully saturated rings. The number of rotatable bonds is 4. The van der Waals surface area contributed by atoms with Gasteiger partial charge in [-0.15, -0.1) is 0 Å². The number of amidine groups is 1. The van der Waals surface area contributed by atoms with E-state index in [4.69, 9.17) is 15.4 Å². The Hall–Kier alpha value is -2.02. The summed E-state index contributed by atoms with van der Waals surface area (Å²) in [4.78, 5) is 3.95. The van der Waals surface area contributed by atoms with E-state index in [9.17, 15) is 4.39 Å². The molecule has 1 aromatic heterocycles. The standard InChI is InChI=1S/C11H10FN3O2S/c12-8-2-1-7(9(5-8)10(13)15-16)6-18-11-14-3-4-17-11/h1-5,16H,6H2,(H2,13,15). The van der Waals surface area contributed by atoms with Crippen molar-refractivity contribution in [3.05, 3.63) is 47.6 Å². The van der Waals surface area contributed by atoms with E-state index in [1.165, 1.54) is 36.4 Å². The van der Waals surface area contributed by atoms with E-state index in [-0.39, 0.29) is 5.84 Å². The fraction of sp³-hybridized carbons (Fsp3) is 0.0909. The monoisotopic (exact) mass is 267 g/mol. The maximum atomic E-state index is 13.1. The van der Waals surface area contributed by atoms with Crippen LogP contribution in [0, 0.1) is 5.82 Å². The van der Waals surface area contributed by atoms with Crippen LogP contribution in [0.5, 0.6) is 0 Å². The number of benzene rings is 1. The van der Waals surface area contributed by atoms with Crippen molar-refractivity contribution in [2.45, 2.75) is 11.0 Å². The number of thioether (sulfide) groups is 1. The zero-order valence-corrected chi connectivity index (χ0v) is 10.0. The maximum Gasteiger partial charge on any atom is 0.255 e. The average Bonchev–Trinajstić information content (AvgIpc) is 2.89. The van der Waals surface area contributed by atoms with Crippen molar-refractivity contribution in [1.82, 2.24) is 4.98 Å². The summed E-state index contributed by atoms with van der Waals surface area (Å²) in [6.45, 7) is 0. The summed E-state index contributed by atoms with van der Waals surface area (Å²) >= 11 is 1.34. The van der Waals surface area contributed by atoms with Crippen LogP contribution in [0.2, 0.25) is 0 Å². The van der Waals surface area contributed by atoms with E-state index < -0.39 is 5.82 Å². The molecular weight excluding hydrogens is 257 g/mol. The Kier molecular flexibility index (Phi) is 3.83. The van der Waals surface area contributed by atoms with Gasteiger partial charge in [0.2, 0.25) is 0 Å². The molecule has 5 nitrogen and oxygen atoms in total. The normalized spacial score (nSPS) is 11.7. The number of hydrogen-bond donors (Lipinski definition) is 2. The fourth-order valence-electron chi connectivity index (χ4n) is 1.39. The molecule has 0 amide bonds. The van der Waals surface area contributed by atoms with Gasteiger partial charge in [0.25, 0.3) is 5.22 Å². The second-order valence-electron chi connectivity index (χ2n) is 3.37. The minimum atomic E-state index is -0.443. The summed E-state index contributed by atoms with van der Waals surface area (Å²) in [6, 6.07) is 4.12. The first-order valence-corrected chi connectivity index (χ1v) is 5.98. The van der Waals surface area contributed by atoms with Crippen molar-refractivity contribution in [2.24, 2.45) is 10.9 Å². The smallest absolute Gasteiger partial charge is 0.255 e. The topological polar surface area (TPSA) is 84.6 Å². The van der Waals surface area contributed by atoms with Crippen LogP contribution in [0.1, 0.15) is 11.1 Å². The summed E-state index contributed by atoms with van der Waals surface area (Å²) in [5.74, 6) is -0.0919. The summed E-state index contributed by atoms with van der Waals surface area (Å²) in [5.41, 5.74) is 6.59. The minimum Gasteiger partial charge on any atom is -0.440 e. The summed E-state index contributed by atoms with van der Waals surface area (Å²) in [7, 11) is 0. The lowest BCUT2D eigenvalue weighted by atomic mass is 10.1. The lowest BCUT2D eigenvalue weighted by molar-refractivity contribution is 0.318. The van der Waals surface area contributed by atoms with E-state index >= 15 is 0 Å². The third kappa shape index (κ3) is 2.80. The number of nitrogens with zero attached hydrogens (tertiary/aromatic N) is 2. The highest BCUT2D eigenvalue weighted by molar-refractivity contribution is 7.98. The third-order valence-corrected chi connectivity index (χ3v) is 3.12. The van der Waals surface area contributed by atoms with Crippen molar-refractivity contribution in [1.29, 1.82) is 0 Å². The van der Waals surface area contributed by atoms with Crippen LogP contribution in [0.3, 0.4) is 0 Å². The van der Waals surface area contributed by atoms with E-state index in [1.54, 1.807) is 6.07 Å². The van der Waals surface area contributed by atoms with Gasteiger partial charge in [0.05, 0.1) is 6.20 Å². The van der Waals surface area contributed by atoms with Crippen LogP contribution in [0.15, 0.2) is 45.5 Å². The molecule has 0 radical (unpaired) electrons. The molecule has 0 saturated heterocycles. The molecule has 0 spiro atoms. The number of nitrogens with two attached hydrogens (primary N) is 1. The van der Waals surface area contributed by atoms with Gasteiger partial charge in [-0.2, -0.15) is 0 Å². The van der Waals surface area contributed by atoms with Crippen molar-refractivity contribution in [3.63, 3.8) is 0 Å². The number of oxazole rings is 1. The largest absolute Gasteiger partial charge is 0.440 e. The van der Waals surface area contributed by atoms with Gasteiger partial charge < -0.3 is 15.4 Å². The number of aromatic nitrogens is 1. The van der Waals surface area contributed by atoms with Crippen LogP contribution in [-0.2, 0) is 5.75 Å². The molecule has 0 atom stereocenters. The Bertz CT molecular complexity index is 557. The van der Waals surface area contributed by atoms with E-state index in [0.717, 1.165) is 5.56 Å². The molecule has 1 aromatic carbocycles. The molecule has 18 heavy (non-hydrogen) atoms. The zero-order chi connectivity index (χ0) is 13.0. The van der Waals surface area contributed by atoms with Gasteiger partial charge in [0.15, 0.2) is 5.84 Å². The van der Waals surface area contributed by atoms with Gasteiger partial charge in [0.1, 0.15) is 12.1 Å². The Morgan fingerprint density at radius 3 is 3.06 bits per heavy atom. The molecule has 0 aliphatic carbocycles.